The lowest BCUT2D eigenvalue weighted by atomic mass is 10.1. The first-order valence-corrected chi connectivity index (χ1v) is 7.26. The smallest absolute Gasteiger partial charge is 0.162 e. The Morgan fingerprint density at radius 2 is 2.09 bits per heavy atom. The number of aryl methyl sites for hydroxylation is 1. The minimum atomic E-state index is -0.611. The highest BCUT2D eigenvalue weighted by atomic mass is 16.7. The van der Waals surface area contributed by atoms with Crippen molar-refractivity contribution >= 4 is 11.3 Å². The summed E-state index contributed by atoms with van der Waals surface area (Å²) in [4.78, 5) is 3.99. The van der Waals surface area contributed by atoms with E-state index in [1.807, 2.05) is 30.5 Å². The van der Waals surface area contributed by atoms with E-state index in [0.717, 1.165) is 24.1 Å². The van der Waals surface area contributed by atoms with E-state index in [2.05, 4.69) is 10.1 Å². The second-order valence-corrected chi connectivity index (χ2v) is 5.58. The first-order valence-electron chi connectivity index (χ1n) is 7.26. The molecule has 2 heterocycles. The van der Waals surface area contributed by atoms with Gasteiger partial charge in [-0.1, -0.05) is 0 Å². The van der Waals surface area contributed by atoms with Gasteiger partial charge in [0.25, 0.3) is 0 Å². The monoisotopic (exact) mass is 308 g/mol. The molecule has 0 saturated carbocycles. The third-order valence-electron chi connectivity index (χ3n) is 3.72. The van der Waals surface area contributed by atoms with E-state index in [0.29, 0.717) is 12.4 Å². The minimum Gasteiger partial charge on any atom is -0.382 e. The number of hydrogen-bond acceptors (Lipinski definition) is 6. The van der Waals surface area contributed by atoms with Crippen molar-refractivity contribution in [2.45, 2.75) is 38.6 Å². The van der Waals surface area contributed by atoms with E-state index in [1.165, 1.54) is 6.33 Å². The van der Waals surface area contributed by atoms with Crippen LogP contribution in [0.1, 0.15) is 26.0 Å². The van der Waals surface area contributed by atoms with Gasteiger partial charge in [0, 0.05) is 19.9 Å². The summed E-state index contributed by atoms with van der Waals surface area (Å²) in [5.74, 6) is -0.130. The van der Waals surface area contributed by atoms with Crippen molar-refractivity contribution in [1.29, 1.82) is 0 Å². The molecular formula is C15H24N4O3. The van der Waals surface area contributed by atoms with E-state index < -0.39 is 5.79 Å². The Balaban J connectivity index is 1.96. The molecule has 2 aromatic rings. The maximum atomic E-state index is 5.83. The third kappa shape index (κ3) is 3.94. The predicted octanol–water partition coefficient (Wildman–Crippen LogP) is 1.66. The van der Waals surface area contributed by atoms with Crippen molar-refractivity contribution < 1.29 is 14.2 Å². The van der Waals surface area contributed by atoms with Crippen LogP contribution >= 0.6 is 0 Å². The van der Waals surface area contributed by atoms with Crippen LogP contribution in [0.15, 0.2) is 18.5 Å². The SMILES string of the molecule is COC(CCc1ccc2c(N)ncnn12)COC(C)(C)OC. The number of nitrogen functional groups attached to an aromatic ring is 1. The van der Waals surface area contributed by atoms with E-state index in [4.69, 9.17) is 19.9 Å². The topological polar surface area (TPSA) is 83.9 Å². The second kappa shape index (κ2) is 7.04. The molecule has 7 nitrogen and oxygen atoms in total. The van der Waals surface area contributed by atoms with Crippen LogP contribution in [0.25, 0.3) is 5.52 Å². The van der Waals surface area contributed by atoms with Gasteiger partial charge in [-0.2, -0.15) is 5.10 Å². The highest BCUT2D eigenvalue weighted by molar-refractivity contribution is 5.65. The zero-order chi connectivity index (χ0) is 16.2. The molecule has 2 rings (SSSR count). The molecule has 2 N–H and O–H groups in total. The zero-order valence-corrected chi connectivity index (χ0v) is 13.6. The molecule has 0 aliphatic carbocycles. The van der Waals surface area contributed by atoms with Crippen molar-refractivity contribution in [3.63, 3.8) is 0 Å². The zero-order valence-electron chi connectivity index (χ0n) is 13.6. The van der Waals surface area contributed by atoms with Crippen molar-refractivity contribution in [2.24, 2.45) is 0 Å². The summed E-state index contributed by atoms with van der Waals surface area (Å²) < 4.78 is 18.2. The molecule has 1 atom stereocenters. The molecule has 0 saturated heterocycles. The van der Waals surface area contributed by atoms with Gasteiger partial charge < -0.3 is 19.9 Å². The molecule has 0 radical (unpaired) electrons. The summed E-state index contributed by atoms with van der Waals surface area (Å²) >= 11 is 0. The Morgan fingerprint density at radius 3 is 2.77 bits per heavy atom. The number of methoxy groups -OCH3 is 2. The van der Waals surface area contributed by atoms with Gasteiger partial charge >= 0.3 is 0 Å². The molecule has 1 unspecified atom stereocenters. The molecule has 122 valence electrons. The van der Waals surface area contributed by atoms with Crippen LogP contribution in [0, 0.1) is 0 Å². The first-order chi connectivity index (χ1) is 10.5. The van der Waals surface area contributed by atoms with Crippen LogP contribution < -0.4 is 5.73 Å². The van der Waals surface area contributed by atoms with E-state index in [9.17, 15) is 0 Å². The highest BCUT2D eigenvalue weighted by Crippen LogP contribution is 2.17. The average molecular weight is 308 g/mol. The summed E-state index contributed by atoms with van der Waals surface area (Å²) in [5, 5.41) is 4.24. The maximum Gasteiger partial charge on any atom is 0.162 e. The fourth-order valence-electron chi connectivity index (χ4n) is 2.13. The minimum absolute atomic E-state index is 0.0147. The Labute approximate surface area is 130 Å². The van der Waals surface area contributed by atoms with Gasteiger partial charge in [0.2, 0.25) is 0 Å². The summed E-state index contributed by atoms with van der Waals surface area (Å²) in [7, 11) is 3.31. The van der Waals surface area contributed by atoms with Crippen LogP contribution in [0.5, 0.6) is 0 Å². The quantitative estimate of drug-likeness (QED) is 0.747. The number of hydrogen-bond donors (Lipinski definition) is 1. The number of nitrogens with zero attached hydrogens (tertiary/aromatic N) is 3. The second-order valence-electron chi connectivity index (χ2n) is 5.58. The number of rotatable bonds is 8. The van der Waals surface area contributed by atoms with Gasteiger partial charge in [-0.15, -0.1) is 0 Å². The van der Waals surface area contributed by atoms with E-state index in [1.54, 1.807) is 14.2 Å². The number of aromatic nitrogens is 3. The Hall–Kier alpha value is -1.70. The van der Waals surface area contributed by atoms with Gasteiger partial charge in [-0.25, -0.2) is 9.50 Å². The van der Waals surface area contributed by atoms with Gasteiger partial charge in [0.1, 0.15) is 11.8 Å². The van der Waals surface area contributed by atoms with Crippen molar-refractivity contribution in [3.8, 4) is 0 Å². The standard InChI is InChI=1S/C15H24N4O3/c1-15(2,21-4)22-9-12(20-3)7-5-11-6-8-13-14(16)17-10-18-19(11)13/h6,8,10,12H,5,7,9H2,1-4H3,(H2,16,17,18). The fraction of sp³-hybridized carbons (Fsp3) is 0.600. The molecule has 0 amide bonds. The van der Waals surface area contributed by atoms with Crippen LogP contribution in [0.2, 0.25) is 0 Å². The predicted molar refractivity (Wildman–Crippen MR) is 83.6 cm³/mol. The average Bonchev–Trinajstić information content (AvgIpc) is 2.92. The number of nitrogens with two attached hydrogens (primary N) is 1. The van der Waals surface area contributed by atoms with Gasteiger partial charge in [-0.3, -0.25) is 0 Å². The molecule has 0 aliphatic rings. The molecule has 0 spiro atoms. The van der Waals surface area contributed by atoms with Crippen LogP contribution in [0.3, 0.4) is 0 Å². The highest BCUT2D eigenvalue weighted by Gasteiger charge is 2.20. The van der Waals surface area contributed by atoms with Gasteiger partial charge in [0.15, 0.2) is 11.6 Å². The normalized spacial score (nSPS) is 13.6. The largest absolute Gasteiger partial charge is 0.382 e. The summed E-state index contributed by atoms with van der Waals surface area (Å²) in [6.07, 6.45) is 3.06. The number of fused-ring (bicyclic) bond motifs is 1. The van der Waals surface area contributed by atoms with Crippen molar-refractivity contribution in [1.82, 2.24) is 14.6 Å². The number of anilines is 1. The molecule has 0 aromatic carbocycles. The molecular weight excluding hydrogens is 284 g/mol. The molecule has 7 heteroatoms. The summed E-state index contributed by atoms with van der Waals surface area (Å²) in [6.45, 7) is 4.22. The van der Waals surface area contributed by atoms with Crippen LogP contribution in [-0.4, -0.2) is 47.3 Å². The van der Waals surface area contributed by atoms with Crippen molar-refractivity contribution in [2.75, 3.05) is 26.6 Å². The van der Waals surface area contributed by atoms with Gasteiger partial charge in [-0.05, 0) is 38.8 Å². The summed E-state index contributed by atoms with van der Waals surface area (Å²) in [5.41, 5.74) is 7.72. The lowest BCUT2D eigenvalue weighted by Gasteiger charge is -2.26. The Kier molecular flexibility index (Phi) is 5.33. The molecule has 0 aliphatic heterocycles. The Morgan fingerprint density at radius 1 is 1.32 bits per heavy atom. The summed E-state index contributed by atoms with van der Waals surface area (Å²) in [6, 6.07) is 3.93. The van der Waals surface area contributed by atoms with Gasteiger partial charge in [0.05, 0.1) is 12.7 Å². The number of ether oxygens (including phenoxy) is 3. The van der Waals surface area contributed by atoms with Crippen LogP contribution in [0.4, 0.5) is 5.82 Å². The fourth-order valence-corrected chi connectivity index (χ4v) is 2.13. The lowest BCUT2D eigenvalue weighted by Crippen LogP contribution is -2.32. The third-order valence-corrected chi connectivity index (χ3v) is 3.72. The lowest BCUT2D eigenvalue weighted by molar-refractivity contribution is -0.211. The van der Waals surface area contributed by atoms with Crippen LogP contribution in [-0.2, 0) is 20.6 Å². The van der Waals surface area contributed by atoms with E-state index in [-0.39, 0.29) is 6.10 Å². The van der Waals surface area contributed by atoms with Crippen molar-refractivity contribution in [3.05, 3.63) is 24.2 Å². The molecule has 0 fully saturated rings. The maximum absolute atomic E-state index is 5.83. The Bertz CT molecular complexity index is 612. The first kappa shape index (κ1) is 16.7. The molecule has 2 aromatic heterocycles. The van der Waals surface area contributed by atoms with E-state index >= 15 is 0 Å². The molecule has 22 heavy (non-hydrogen) atoms. The molecule has 0 bridgehead atoms.